The summed E-state index contributed by atoms with van der Waals surface area (Å²) in [6.45, 7) is 1.11. The lowest BCUT2D eigenvalue weighted by Crippen LogP contribution is -2.52. The molecule has 6 heteroatoms. The third-order valence-electron chi connectivity index (χ3n) is 5.79. The number of benzene rings is 2. The Hall–Kier alpha value is -2.79. The van der Waals surface area contributed by atoms with E-state index in [1.165, 1.54) is 0 Å². The second-order valence-electron chi connectivity index (χ2n) is 7.56. The molecule has 2 aliphatic rings. The molecule has 0 unspecified atom stereocenters. The lowest BCUT2D eigenvalue weighted by atomic mass is 9.82. The van der Waals surface area contributed by atoms with Gasteiger partial charge in [0.15, 0.2) is 5.78 Å². The van der Waals surface area contributed by atoms with Crippen LogP contribution in [0.15, 0.2) is 48.5 Å². The van der Waals surface area contributed by atoms with Gasteiger partial charge in [-0.25, -0.2) is 0 Å². The molecule has 0 atom stereocenters. The normalized spacial score (nSPS) is 18.2. The van der Waals surface area contributed by atoms with Crippen LogP contribution < -0.4 is 4.74 Å². The number of aromatic nitrogens is 1. The van der Waals surface area contributed by atoms with Gasteiger partial charge in [-0.2, -0.15) is 0 Å². The number of ketones is 1. The van der Waals surface area contributed by atoms with E-state index in [2.05, 4.69) is 4.98 Å². The molecule has 0 bridgehead atoms. The van der Waals surface area contributed by atoms with Crippen molar-refractivity contribution in [3.05, 3.63) is 64.8 Å². The molecule has 1 saturated heterocycles. The lowest BCUT2D eigenvalue weighted by molar-refractivity contribution is -0.00582. The van der Waals surface area contributed by atoms with Gasteiger partial charge in [-0.15, -0.1) is 0 Å². The van der Waals surface area contributed by atoms with E-state index in [0.717, 1.165) is 10.9 Å². The quantitative estimate of drug-likeness (QED) is 0.662. The Morgan fingerprint density at radius 3 is 2.68 bits per heavy atom. The first-order chi connectivity index (χ1) is 13.5. The third-order valence-corrected chi connectivity index (χ3v) is 6.11. The van der Waals surface area contributed by atoms with E-state index in [9.17, 15) is 9.59 Å². The van der Waals surface area contributed by atoms with Crippen LogP contribution in [0.2, 0.25) is 5.02 Å². The SMILES string of the molecule is O=C1CC2(CCN(C(=O)c3cc4cccc(Cl)c4[nH]3)CC2)Oc2ccccc21. The van der Waals surface area contributed by atoms with Crippen molar-refractivity contribution in [2.45, 2.75) is 24.9 Å². The smallest absolute Gasteiger partial charge is 0.270 e. The summed E-state index contributed by atoms with van der Waals surface area (Å²) >= 11 is 6.21. The number of amides is 1. The van der Waals surface area contributed by atoms with Crippen molar-refractivity contribution in [1.29, 1.82) is 0 Å². The Balaban J connectivity index is 1.34. The molecule has 2 aliphatic heterocycles. The van der Waals surface area contributed by atoms with Crippen LogP contribution >= 0.6 is 11.6 Å². The van der Waals surface area contributed by atoms with Crippen molar-refractivity contribution >= 4 is 34.2 Å². The predicted molar refractivity (Wildman–Crippen MR) is 107 cm³/mol. The molecule has 3 heterocycles. The highest BCUT2D eigenvalue weighted by molar-refractivity contribution is 6.35. The molecule has 1 aromatic heterocycles. The van der Waals surface area contributed by atoms with Crippen LogP contribution in [0.3, 0.4) is 0 Å². The molecule has 5 rings (SSSR count). The largest absolute Gasteiger partial charge is 0.486 e. The minimum absolute atomic E-state index is 0.0512. The molecule has 1 spiro atoms. The van der Waals surface area contributed by atoms with Crippen LogP contribution in [0.1, 0.15) is 40.1 Å². The number of piperidine rings is 1. The van der Waals surface area contributed by atoms with Crippen LogP contribution in [0.25, 0.3) is 10.9 Å². The minimum Gasteiger partial charge on any atom is -0.486 e. The Labute approximate surface area is 167 Å². The summed E-state index contributed by atoms with van der Waals surface area (Å²) in [6.07, 6.45) is 1.65. The van der Waals surface area contributed by atoms with Crippen LogP contribution in [0.5, 0.6) is 5.75 Å². The number of hydrogen-bond acceptors (Lipinski definition) is 3. The van der Waals surface area contributed by atoms with Crippen molar-refractivity contribution in [3.8, 4) is 5.75 Å². The maximum Gasteiger partial charge on any atom is 0.270 e. The number of rotatable bonds is 1. The topological polar surface area (TPSA) is 62.4 Å². The Morgan fingerprint density at radius 1 is 1.11 bits per heavy atom. The summed E-state index contributed by atoms with van der Waals surface area (Å²) in [4.78, 5) is 30.5. The number of ether oxygens (including phenoxy) is 1. The molecule has 1 amide bonds. The maximum atomic E-state index is 13.0. The monoisotopic (exact) mass is 394 g/mol. The summed E-state index contributed by atoms with van der Waals surface area (Å²) in [6, 6.07) is 14.8. The Kier molecular flexibility index (Phi) is 3.95. The molecular weight excluding hydrogens is 376 g/mol. The number of likely N-dealkylation sites (tertiary alicyclic amines) is 1. The molecule has 1 N–H and O–H groups in total. The molecule has 3 aromatic rings. The number of fused-ring (bicyclic) bond motifs is 2. The molecule has 0 saturated carbocycles. The fourth-order valence-corrected chi connectivity index (χ4v) is 4.47. The van der Waals surface area contributed by atoms with Crippen molar-refractivity contribution in [2.75, 3.05) is 13.1 Å². The second kappa shape index (κ2) is 6.38. The first-order valence-corrected chi connectivity index (χ1v) is 9.80. The van der Waals surface area contributed by atoms with Gasteiger partial charge in [-0.05, 0) is 24.3 Å². The van der Waals surface area contributed by atoms with Crippen molar-refractivity contribution in [2.24, 2.45) is 0 Å². The second-order valence-corrected chi connectivity index (χ2v) is 7.97. The summed E-state index contributed by atoms with van der Waals surface area (Å²) in [7, 11) is 0. The number of nitrogens with zero attached hydrogens (tertiary/aromatic N) is 1. The fraction of sp³-hybridized carbons (Fsp3) is 0.273. The van der Waals surface area contributed by atoms with Crippen molar-refractivity contribution in [3.63, 3.8) is 0 Å². The zero-order valence-electron chi connectivity index (χ0n) is 15.2. The lowest BCUT2D eigenvalue weighted by Gasteiger charge is -2.43. The number of carbonyl (C=O) groups is 2. The highest BCUT2D eigenvalue weighted by Gasteiger charge is 2.43. The van der Waals surface area contributed by atoms with E-state index < -0.39 is 5.60 Å². The molecule has 1 fully saturated rings. The fourth-order valence-electron chi connectivity index (χ4n) is 4.24. The van der Waals surface area contributed by atoms with Crippen LogP contribution in [-0.4, -0.2) is 40.3 Å². The van der Waals surface area contributed by atoms with Gasteiger partial charge in [-0.1, -0.05) is 35.9 Å². The van der Waals surface area contributed by atoms with Gasteiger partial charge in [-0.3, -0.25) is 9.59 Å². The zero-order valence-corrected chi connectivity index (χ0v) is 16.0. The summed E-state index contributed by atoms with van der Waals surface area (Å²) < 4.78 is 6.24. The van der Waals surface area contributed by atoms with Crippen molar-refractivity contribution < 1.29 is 14.3 Å². The highest BCUT2D eigenvalue weighted by Crippen LogP contribution is 2.39. The van der Waals surface area contributed by atoms with Gasteiger partial charge < -0.3 is 14.6 Å². The number of H-pyrrole nitrogens is 1. The van der Waals surface area contributed by atoms with Gasteiger partial charge in [0, 0.05) is 31.3 Å². The maximum absolute atomic E-state index is 13.0. The Bertz CT molecular complexity index is 1100. The average Bonchev–Trinajstić information content (AvgIpc) is 3.14. The molecule has 5 nitrogen and oxygen atoms in total. The first-order valence-electron chi connectivity index (χ1n) is 9.42. The zero-order chi connectivity index (χ0) is 19.3. The van der Waals surface area contributed by atoms with E-state index in [1.54, 1.807) is 6.07 Å². The third kappa shape index (κ3) is 2.78. The number of carbonyl (C=O) groups excluding carboxylic acids is 2. The summed E-state index contributed by atoms with van der Waals surface area (Å²) in [5.74, 6) is 0.723. The van der Waals surface area contributed by atoms with Crippen LogP contribution in [0.4, 0.5) is 0 Å². The number of para-hydroxylation sites is 2. The number of nitrogens with one attached hydrogen (secondary N) is 1. The van der Waals surface area contributed by atoms with Crippen LogP contribution in [0, 0.1) is 0 Å². The van der Waals surface area contributed by atoms with Gasteiger partial charge in [0.25, 0.3) is 5.91 Å². The van der Waals surface area contributed by atoms with E-state index in [-0.39, 0.29) is 11.7 Å². The number of halogens is 1. The number of aromatic amines is 1. The Morgan fingerprint density at radius 2 is 1.89 bits per heavy atom. The number of hydrogen-bond donors (Lipinski definition) is 1. The van der Waals surface area contributed by atoms with Crippen molar-refractivity contribution in [1.82, 2.24) is 9.88 Å². The van der Waals surface area contributed by atoms with E-state index >= 15 is 0 Å². The molecule has 0 aliphatic carbocycles. The standard InChI is InChI=1S/C22H19ClN2O3/c23-16-6-3-4-14-12-17(24-20(14)16)21(27)25-10-8-22(9-11-25)13-18(26)15-5-1-2-7-19(15)28-22/h1-7,12,24H,8-11,13H2. The van der Waals surface area contributed by atoms with Gasteiger partial charge >= 0.3 is 0 Å². The number of Topliss-reactive ketones (excluding diaryl/α,β-unsaturated/α-hetero) is 1. The first kappa shape index (κ1) is 17.3. The van der Waals surface area contributed by atoms with E-state index in [1.807, 2.05) is 47.4 Å². The van der Waals surface area contributed by atoms with Crippen LogP contribution in [-0.2, 0) is 0 Å². The summed E-state index contributed by atoms with van der Waals surface area (Å²) in [5.41, 5.74) is 1.46. The minimum atomic E-state index is -0.508. The highest BCUT2D eigenvalue weighted by atomic mass is 35.5. The van der Waals surface area contributed by atoms with Gasteiger partial charge in [0.05, 0.1) is 22.5 Å². The molecular formula is C22H19ClN2O3. The van der Waals surface area contributed by atoms with E-state index in [4.69, 9.17) is 16.3 Å². The van der Waals surface area contributed by atoms with Gasteiger partial charge in [0.2, 0.25) is 0 Å². The molecule has 0 radical (unpaired) electrons. The molecule has 142 valence electrons. The van der Waals surface area contributed by atoms with Gasteiger partial charge in [0.1, 0.15) is 17.0 Å². The van der Waals surface area contributed by atoms with E-state index in [0.29, 0.717) is 54.4 Å². The predicted octanol–water partition coefficient (Wildman–Crippen LogP) is 4.46. The molecule has 28 heavy (non-hydrogen) atoms. The average molecular weight is 395 g/mol. The molecule has 2 aromatic carbocycles. The summed E-state index contributed by atoms with van der Waals surface area (Å²) in [5, 5.41) is 1.52.